The molecule has 0 bridgehead atoms. The first-order valence-corrected chi connectivity index (χ1v) is 7.97. The fourth-order valence-electron chi connectivity index (χ4n) is 1.94. The molecular weight excluding hydrogens is 352 g/mol. The quantitative estimate of drug-likeness (QED) is 0.711. The molecule has 3 nitrogen and oxygen atoms in total. The molecule has 1 aromatic carbocycles. The van der Waals surface area contributed by atoms with Crippen molar-refractivity contribution in [2.45, 2.75) is 32.9 Å². The van der Waals surface area contributed by atoms with Crippen molar-refractivity contribution in [1.82, 2.24) is 4.98 Å². The van der Waals surface area contributed by atoms with E-state index in [2.05, 4.69) is 45.3 Å². The van der Waals surface area contributed by atoms with Crippen LogP contribution in [0.1, 0.15) is 32.4 Å². The molecular formula is C16H18BrClN2O. The van der Waals surface area contributed by atoms with E-state index in [4.69, 9.17) is 16.3 Å². The summed E-state index contributed by atoms with van der Waals surface area (Å²) >= 11 is 9.27. The second kappa shape index (κ2) is 7.14. The van der Waals surface area contributed by atoms with Gasteiger partial charge in [0.2, 0.25) is 0 Å². The number of rotatable bonds is 5. The lowest BCUT2D eigenvalue weighted by Crippen LogP contribution is -2.08. The Balaban J connectivity index is 2.05. The number of anilines is 1. The van der Waals surface area contributed by atoms with E-state index in [1.165, 1.54) is 5.56 Å². The van der Waals surface area contributed by atoms with E-state index < -0.39 is 0 Å². The van der Waals surface area contributed by atoms with Crippen LogP contribution in [0.25, 0.3) is 0 Å². The van der Waals surface area contributed by atoms with Crippen molar-refractivity contribution in [2.24, 2.45) is 0 Å². The third-order valence-corrected chi connectivity index (χ3v) is 4.07. The molecule has 2 rings (SSSR count). The van der Waals surface area contributed by atoms with Crippen LogP contribution >= 0.6 is 27.5 Å². The number of hydrogen-bond donors (Lipinski definition) is 1. The summed E-state index contributed by atoms with van der Waals surface area (Å²) in [6.45, 7) is 6.13. The van der Waals surface area contributed by atoms with Gasteiger partial charge in [-0.3, -0.25) is 0 Å². The molecule has 1 atom stereocenters. The molecule has 1 N–H and O–H groups in total. The van der Waals surface area contributed by atoms with Crippen molar-refractivity contribution in [1.29, 1.82) is 0 Å². The van der Waals surface area contributed by atoms with Gasteiger partial charge in [-0.15, -0.1) is 0 Å². The normalized spacial score (nSPS) is 12.3. The van der Waals surface area contributed by atoms with Crippen LogP contribution in [-0.2, 0) is 0 Å². The van der Waals surface area contributed by atoms with Gasteiger partial charge in [-0.05, 0) is 60.5 Å². The van der Waals surface area contributed by atoms with E-state index in [0.717, 1.165) is 15.9 Å². The van der Waals surface area contributed by atoms with Gasteiger partial charge in [0, 0.05) is 6.04 Å². The van der Waals surface area contributed by atoms with Crippen LogP contribution in [0.15, 0.2) is 41.0 Å². The van der Waals surface area contributed by atoms with E-state index in [1.807, 2.05) is 32.0 Å². The molecule has 112 valence electrons. The maximum Gasteiger partial charge on any atom is 0.143 e. The lowest BCUT2D eigenvalue weighted by atomic mass is 10.1. The lowest BCUT2D eigenvalue weighted by Gasteiger charge is -2.17. The molecule has 0 aliphatic heterocycles. The van der Waals surface area contributed by atoms with Gasteiger partial charge in [0.15, 0.2) is 0 Å². The Morgan fingerprint density at radius 3 is 2.43 bits per heavy atom. The smallest absolute Gasteiger partial charge is 0.143 e. The summed E-state index contributed by atoms with van der Waals surface area (Å²) in [6, 6.07) is 10.2. The number of nitrogens with zero attached hydrogens (tertiary/aromatic N) is 1. The van der Waals surface area contributed by atoms with Gasteiger partial charge in [-0.25, -0.2) is 4.98 Å². The first-order valence-electron chi connectivity index (χ1n) is 6.80. The van der Waals surface area contributed by atoms with Crippen LogP contribution in [-0.4, -0.2) is 11.1 Å². The number of aromatic nitrogens is 1. The van der Waals surface area contributed by atoms with Gasteiger partial charge in [-0.2, -0.15) is 0 Å². The Hall–Kier alpha value is -1.26. The fraction of sp³-hybridized carbons (Fsp3) is 0.312. The lowest BCUT2D eigenvalue weighted by molar-refractivity contribution is 0.242. The van der Waals surface area contributed by atoms with Gasteiger partial charge in [0.05, 0.1) is 22.5 Å². The van der Waals surface area contributed by atoms with Crippen molar-refractivity contribution in [3.05, 3.63) is 51.7 Å². The molecule has 0 amide bonds. The van der Waals surface area contributed by atoms with Gasteiger partial charge >= 0.3 is 0 Å². The molecule has 0 aliphatic carbocycles. The first kappa shape index (κ1) is 16.1. The summed E-state index contributed by atoms with van der Waals surface area (Å²) in [6.07, 6.45) is 1.91. The maximum absolute atomic E-state index is 5.89. The predicted octanol–water partition coefficient (Wildman–Crippen LogP) is 5.46. The number of halogens is 2. The molecule has 1 heterocycles. The average Bonchev–Trinajstić information content (AvgIpc) is 2.43. The number of pyridine rings is 1. The van der Waals surface area contributed by atoms with Gasteiger partial charge < -0.3 is 10.1 Å². The molecule has 21 heavy (non-hydrogen) atoms. The van der Waals surface area contributed by atoms with Crippen molar-refractivity contribution < 1.29 is 4.74 Å². The summed E-state index contributed by atoms with van der Waals surface area (Å²) in [5.41, 5.74) is 2.10. The Morgan fingerprint density at radius 1 is 1.19 bits per heavy atom. The zero-order chi connectivity index (χ0) is 15.4. The Morgan fingerprint density at radius 2 is 1.86 bits per heavy atom. The highest BCUT2D eigenvalue weighted by Gasteiger charge is 2.08. The minimum atomic E-state index is 0.160. The van der Waals surface area contributed by atoms with Gasteiger partial charge in [-0.1, -0.05) is 23.7 Å². The average molecular weight is 370 g/mol. The summed E-state index contributed by atoms with van der Waals surface area (Å²) in [5, 5.41) is 3.86. The van der Waals surface area contributed by atoms with Crippen molar-refractivity contribution >= 4 is 33.2 Å². The fourth-order valence-corrected chi connectivity index (χ4v) is 2.39. The minimum absolute atomic E-state index is 0.160. The van der Waals surface area contributed by atoms with Crippen LogP contribution in [0.3, 0.4) is 0 Å². The molecule has 2 aromatic rings. The monoisotopic (exact) mass is 368 g/mol. The Bertz CT molecular complexity index is 602. The highest BCUT2D eigenvalue weighted by Crippen LogP contribution is 2.26. The summed E-state index contributed by atoms with van der Waals surface area (Å²) in [4.78, 5) is 4.11. The minimum Gasteiger partial charge on any atom is -0.491 e. The second-order valence-corrected chi connectivity index (χ2v) is 6.31. The van der Waals surface area contributed by atoms with E-state index in [0.29, 0.717) is 5.15 Å². The summed E-state index contributed by atoms with van der Waals surface area (Å²) in [5.74, 6) is 0.886. The zero-order valence-electron chi connectivity index (χ0n) is 12.2. The molecule has 0 aliphatic rings. The number of ether oxygens (including phenoxy) is 1. The summed E-state index contributed by atoms with van der Waals surface area (Å²) in [7, 11) is 0. The van der Waals surface area contributed by atoms with Crippen LogP contribution in [0.2, 0.25) is 5.15 Å². The first-order chi connectivity index (χ1) is 9.95. The molecule has 0 radical (unpaired) electrons. The van der Waals surface area contributed by atoms with Crippen LogP contribution < -0.4 is 10.1 Å². The number of hydrogen-bond acceptors (Lipinski definition) is 3. The molecule has 0 saturated carbocycles. The Labute approximate surface area is 138 Å². The van der Waals surface area contributed by atoms with E-state index in [9.17, 15) is 0 Å². The molecule has 0 fully saturated rings. The molecule has 5 heteroatoms. The highest BCUT2D eigenvalue weighted by molar-refractivity contribution is 9.10. The molecule has 1 unspecified atom stereocenters. The van der Waals surface area contributed by atoms with Crippen molar-refractivity contribution in [2.75, 3.05) is 5.32 Å². The van der Waals surface area contributed by atoms with Crippen molar-refractivity contribution in [3.63, 3.8) is 0 Å². The summed E-state index contributed by atoms with van der Waals surface area (Å²) < 4.78 is 6.42. The van der Waals surface area contributed by atoms with Crippen LogP contribution in [0, 0.1) is 0 Å². The maximum atomic E-state index is 5.89. The Kier molecular flexibility index (Phi) is 5.48. The van der Waals surface area contributed by atoms with E-state index >= 15 is 0 Å². The molecule has 1 aromatic heterocycles. The zero-order valence-corrected chi connectivity index (χ0v) is 14.6. The third-order valence-electron chi connectivity index (χ3n) is 2.93. The number of nitrogens with one attached hydrogen (secondary N) is 1. The van der Waals surface area contributed by atoms with Crippen LogP contribution in [0.4, 0.5) is 5.69 Å². The van der Waals surface area contributed by atoms with E-state index in [-0.39, 0.29) is 12.1 Å². The largest absolute Gasteiger partial charge is 0.491 e. The van der Waals surface area contributed by atoms with Gasteiger partial charge in [0.1, 0.15) is 10.9 Å². The van der Waals surface area contributed by atoms with E-state index in [1.54, 1.807) is 6.20 Å². The predicted molar refractivity (Wildman–Crippen MR) is 91.2 cm³/mol. The topological polar surface area (TPSA) is 34.1 Å². The SMILES string of the molecule is CC(C)Oc1ccc(C(C)Nc2cnc(Cl)c(Br)c2)cc1. The number of benzene rings is 1. The molecule has 0 spiro atoms. The second-order valence-electron chi connectivity index (χ2n) is 5.10. The standard InChI is InChI=1S/C16H18BrClN2O/c1-10(2)21-14-6-4-12(5-7-14)11(3)20-13-8-15(17)16(18)19-9-13/h4-11,20H,1-3H3. The highest BCUT2D eigenvalue weighted by atomic mass is 79.9. The van der Waals surface area contributed by atoms with Crippen LogP contribution in [0.5, 0.6) is 5.75 Å². The molecule has 0 saturated heterocycles. The van der Waals surface area contributed by atoms with Crippen molar-refractivity contribution in [3.8, 4) is 5.75 Å². The van der Waals surface area contributed by atoms with Gasteiger partial charge in [0.25, 0.3) is 0 Å². The third kappa shape index (κ3) is 4.61.